The molecular formula is C11H11FN2S. The van der Waals surface area contributed by atoms with Crippen LogP contribution < -0.4 is 5.32 Å². The standard InChI is InChI=1S/C11H11FN2S/c1-8(11-13-6-7-15-11)14-10-4-2-9(12)3-5-10/h2-8,14H,1H3/t8-/m1/s1. The van der Waals surface area contributed by atoms with Gasteiger partial charge in [0.05, 0.1) is 6.04 Å². The number of aromatic nitrogens is 1. The highest BCUT2D eigenvalue weighted by Gasteiger charge is 2.07. The van der Waals surface area contributed by atoms with Gasteiger partial charge in [0.2, 0.25) is 0 Å². The Morgan fingerprint density at radius 3 is 2.67 bits per heavy atom. The molecule has 0 saturated carbocycles. The Morgan fingerprint density at radius 1 is 1.33 bits per heavy atom. The number of nitrogens with zero attached hydrogens (tertiary/aromatic N) is 1. The Labute approximate surface area is 91.8 Å². The minimum atomic E-state index is -0.220. The molecule has 0 aliphatic carbocycles. The molecule has 1 aromatic heterocycles. The van der Waals surface area contributed by atoms with Crippen molar-refractivity contribution in [2.24, 2.45) is 0 Å². The van der Waals surface area contributed by atoms with E-state index in [9.17, 15) is 4.39 Å². The van der Waals surface area contributed by atoms with Gasteiger partial charge in [-0.1, -0.05) is 0 Å². The van der Waals surface area contributed by atoms with Crippen molar-refractivity contribution in [1.82, 2.24) is 4.98 Å². The number of thiazole rings is 1. The van der Waals surface area contributed by atoms with Crippen molar-refractivity contribution >= 4 is 17.0 Å². The van der Waals surface area contributed by atoms with Gasteiger partial charge in [-0.05, 0) is 31.2 Å². The Bertz CT molecular complexity index is 411. The lowest BCUT2D eigenvalue weighted by molar-refractivity contribution is 0.628. The monoisotopic (exact) mass is 222 g/mol. The molecule has 15 heavy (non-hydrogen) atoms. The summed E-state index contributed by atoms with van der Waals surface area (Å²) in [6, 6.07) is 6.47. The van der Waals surface area contributed by atoms with E-state index in [0.717, 1.165) is 10.7 Å². The van der Waals surface area contributed by atoms with Gasteiger partial charge in [0.15, 0.2) is 0 Å². The molecule has 0 unspecified atom stereocenters. The Kier molecular flexibility index (Phi) is 2.97. The zero-order valence-corrected chi connectivity index (χ0v) is 9.09. The third-order valence-corrected chi connectivity index (χ3v) is 3.01. The summed E-state index contributed by atoms with van der Waals surface area (Å²) >= 11 is 1.61. The average molecular weight is 222 g/mol. The summed E-state index contributed by atoms with van der Waals surface area (Å²) in [5.74, 6) is -0.220. The first-order chi connectivity index (χ1) is 7.25. The minimum Gasteiger partial charge on any atom is -0.376 e. The van der Waals surface area contributed by atoms with Gasteiger partial charge in [0.25, 0.3) is 0 Å². The Balaban J connectivity index is 2.06. The second kappa shape index (κ2) is 4.40. The quantitative estimate of drug-likeness (QED) is 0.860. The summed E-state index contributed by atoms with van der Waals surface area (Å²) in [4.78, 5) is 4.21. The number of rotatable bonds is 3. The van der Waals surface area contributed by atoms with Crippen molar-refractivity contribution in [1.29, 1.82) is 0 Å². The first-order valence-corrected chi connectivity index (χ1v) is 5.55. The van der Waals surface area contributed by atoms with Gasteiger partial charge < -0.3 is 5.32 Å². The molecule has 4 heteroatoms. The van der Waals surface area contributed by atoms with Crippen LogP contribution in [0.15, 0.2) is 35.8 Å². The van der Waals surface area contributed by atoms with Crippen LogP contribution in [-0.4, -0.2) is 4.98 Å². The van der Waals surface area contributed by atoms with E-state index in [1.165, 1.54) is 12.1 Å². The highest BCUT2D eigenvalue weighted by atomic mass is 32.1. The molecule has 1 N–H and O–H groups in total. The molecule has 0 saturated heterocycles. The number of halogens is 1. The summed E-state index contributed by atoms with van der Waals surface area (Å²) in [5, 5.41) is 6.22. The summed E-state index contributed by atoms with van der Waals surface area (Å²) < 4.78 is 12.7. The number of nitrogens with one attached hydrogen (secondary N) is 1. The molecule has 0 amide bonds. The van der Waals surface area contributed by atoms with E-state index in [1.807, 2.05) is 12.3 Å². The highest BCUT2D eigenvalue weighted by Crippen LogP contribution is 2.20. The maximum absolute atomic E-state index is 12.7. The van der Waals surface area contributed by atoms with Gasteiger partial charge in [-0.3, -0.25) is 0 Å². The lowest BCUT2D eigenvalue weighted by Crippen LogP contribution is -2.05. The van der Waals surface area contributed by atoms with Crippen LogP contribution in [0, 0.1) is 5.82 Å². The van der Waals surface area contributed by atoms with E-state index in [4.69, 9.17) is 0 Å². The fourth-order valence-electron chi connectivity index (χ4n) is 1.31. The zero-order valence-electron chi connectivity index (χ0n) is 8.27. The molecule has 1 atom stereocenters. The molecule has 0 aliphatic rings. The van der Waals surface area contributed by atoms with Gasteiger partial charge >= 0.3 is 0 Å². The van der Waals surface area contributed by atoms with Crippen molar-refractivity contribution < 1.29 is 4.39 Å². The number of benzene rings is 1. The summed E-state index contributed by atoms with van der Waals surface area (Å²) in [5.41, 5.74) is 0.902. The topological polar surface area (TPSA) is 24.9 Å². The third kappa shape index (κ3) is 2.53. The molecule has 0 fully saturated rings. The molecular weight excluding hydrogens is 211 g/mol. The molecule has 2 aromatic rings. The van der Waals surface area contributed by atoms with Gasteiger partial charge in [0.1, 0.15) is 10.8 Å². The fourth-order valence-corrected chi connectivity index (χ4v) is 1.95. The first-order valence-electron chi connectivity index (χ1n) is 4.67. The van der Waals surface area contributed by atoms with Crippen LogP contribution in [0.3, 0.4) is 0 Å². The van der Waals surface area contributed by atoms with Gasteiger partial charge in [0, 0.05) is 17.3 Å². The van der Waals surface area contributed by atoms with Crippen molar-refractivity contribution in [3.63, 3.8) is 0 Å². The second-order valence-electron chi connectivity index (χ2n) is 3.24. The van der Waals surface area contributed by atoms with Crippen LogP contribution in [0.2, 0.25) is 0 Å². The number of hydrogen-bond donors (Lipinski definition) is 1. The predicted molar refractivity (Wildman–Crippen MR) is 60.6 cm³/mol. The van der Waals surface area contributed by atoms with Crippen molar-refractivity contribution in [3.8, 4) is 0 Å². The fraction of sp³-hybridized carbons (Fsp3) is 0.182. The third-order valence-electron chi connectivity index (χ3n) is 2.05. The van der Waals surface area contributed by atoms with Crippen molar-refractivity contribution in [2.45, 2.75) is 13.0 Å². The highest BCUT2D eigenvalue weighted by molar-refractivity contribution is 7.09. The molecule has 0 bridgehead atoms. The van der Waals surface area contributed by atoms with Crippen molar-refractivity contribution in [3.05, 3.63) is 46.7 Å². The van der Waals surface area contributed by atoms with Crippen LogP contribution in [-0.2, 0) is 0 Å². The molecule has 0 aliphatic heterocycles. The smallest absolute Gasteiger partial charge is 0.123 e. The van der Waals surface area contributed by atoms with Crippen LogP contribution in [0.25, 0.3) is 0 Å². The van der Waals surface area contributed by atoms with Gasteiger partial charge in [-0.25, -0.2) is 9.37 Å². The normalized spacial score (nSPS) is 12.4. The largest absolute Gasteiger partial charge is 0.376 e. The SMILES string of the molecule is C[C@@H](Nc1ccc(F)cc1)c1nccs1. The van der Waals surface area contributed by atoms with Crippen LogP contribution in [0.1, 0.15) is 18.0 Å². The maximum Gasteiger partial charge on any atom is 0.123 e. The summed E-state index contributed by atoms with van der Waals surface area (Å²) in [6.45, 7) is 2.03. The zero-order chi connectivity index (χ0) is 10.7. The van der Waals surface area contributed by atoms with Crippen LogP contribution in [0.5, 0.6) is 0 Å². The van der Waals surface area contributed by atoms with Crippen LogP contribution >= 0.6 is 11.3 Å². The molecule has 78 valence electrons. The molecule has 0 radical (unpaired) electrons. The van der Waals surface area contributed by atoms with E-state index in [2.05, 4.69) is 10.3 Å². The van der Waals surface area contributed by atoms with E-state index in [1.54, 1.807) is 29.7 Å². The van der Waals surface area contributed by atoms with Crippen LogP contribution in [0.4, 0.5) is 10.1 Å². The maximum atomic E-state index is 12.7. The molecule has 2 rings (SSSR count). The lowest BCUT2D eigenvalue weighted by Gasteiger charge is -2.12. The number of hydrogen-bond acceptors (Lipinski definition) is 3. The predicted octanol–water partition coefficient (Wildman–Crippen LogP) is 3.46. The molecule has 2 nitrogen and oxygen atoms in total. The van der Waals surface area contributed by atoms with E-state index in [-0.39, 0.29) is 11.9 Å². The van der Waals surface area contributed by atoms with E-state index >= 15 is 0 Å². The van der Waals surface area contributed by atoms with Gasteiger partial charge in [-0.15, -0.1) is 11.3 Å². The Hall–Kier alpha value is -1.42. The molecule has 1 heterocycles. The Morgan fingerprint density at radius 2 is 2.07 bits per heavy atom. The first kappa shape index (κ1) is 10.1. The molecule has 0 spiro atoms. The van der Waals surface area contributed by atoms with Crippen molar-refractivity contribution in [2.75, 3.05) is 5.32 Å². The lowest BCUT2D eigenvalue weighted by atomic mass is 10.2. The van der Waals surface area contributed by atoms with E-state index in [0.29, 0.717) is 0 Å². The minimum absolute atomic E-state index is 0.149. The summed E-state index contributed by atoms with van der Waals surface area (Å²) in [7, 11) is 0. The molecule has 1 aromatic carbocycles. The van der Waals surface area contributed by atoms with E-state index < -0.39 is 0 Å². The number of anilines is 1. The second-order valence-corrected chi connectivity index (χ2v) is 4.17. The average Bonchev–Trinajstić information content (AvgIpc) is 2.74. The summed E-state index contributed by atoms with van der Waals surface area (Å²) in [6.07, 6.45) is 1.78. The van der Waals surface area contributed by atoms with Gasteiger partial charge in [-0.2, -0.15) is 0 Å².